The molecule has 0 aliphatic carbocycles. The van der Waals surface area contributed by atoms with Gasteiger partial charge in [0.05, 0.1) is 5.39 Å². The summed E-state index contributed by atoms with van der Waals surface area (Å²) >= 11 is 0. The van der Waals surface area contributed by atoms with Gasteiger partial charge in [0, 0.05) is 6.07 Å². The highest BCUT2D eigenvalue weighted by atomic mass is 16.5. The lowest BCUT2D eigenvalue weighted by molar-refractivity contribution is 0.305. The van der Waals surface area contributed by atoms with Crippen molar-refractivity contribution in [3.8, 4) is 28.7 Å². The zero-order valence-corrected chi connectivity index (χ0v) is 18.6. The largest absolute Gasteiger partial charge is 0.489 e. The van der Waals surface area contributed by atoms with Crippen LogP contribution in [0.2, 0.25) is 0 Å². The molecule has 0 bridgehead atoms. The van der Waals surface area contributed by atoms with E-state index >= 15 is 0 Å². The molecule has 0 aliphatic heterocycles. The molecular weight excluding hydrogens is 428 g/mol. The van der Waals surface area contributed by atoms with E-state index in [1.165, 1.54) is 6.26 Å². The summed E-state index contributed by atoms with van der Waals surface area (Å²) in [7, 11) is 0. The van der Waals surface area contributed by atoms with E-state index in [1.807, 2.05) is 79.7 Å². The van der Waals surface area contributed by atoms with Crippen molar-refractivity contribution >= 4 is 11.0 Å². The quantitative estimate of drug-likeness (QED) is 0.261. The van der Waals surface area contributed by atoms with E-state index in [9.17, 15) is 4.79 Å². The molecule has 5 nitrogen and oxygen atoms in total. The number of rotatable bonds is 7. The topological polar surface area (TPSA) is 57.9 Å². The molecule has 0 spiro atoms. The molecule has 0 radical (unpaired) electrons. The standard InChI is InChI=1S/C29H22O5/c1-20-7-5-11-24(15-20)34-28-19-32-27-17-23(13-14-26(27)29(28)30)31-18-21-8-6-12-25(16-21)33-22-9-3-2-4-10-22/h2-17,19H,18H2,1H3. The Morgan fingerprint density at radius 1 is 0.706 bits per heavy atom. The second-order valence-electron chi connectivity index (χ2n) is 7.86. The minimum atomic E-state index is -0.236. The number of hydrogen-bond acceptors (Lipinski definition) is 5. The Morgan fingerprint density at radius 3 is 2.29 bits per heavy atom. The van der Waals surface area contributed by atoms with Crippen LogP contribution in [0.5, 0.6) is 28.7 Å². The monoisotopic (exact) mass is 450 g/mol. The molecule has 0 fully saturated rings. The van der Waals surface area contributed by atoms with Gasteiger partial charge in [0.15, 0.2) is 0 Å². The molecule has 5 rings (SSSR count). The third kappa shape index (κ3) is 4.94. The predicted octanol–water partition coefficient (Wildman–Crippen LogP) is 7.27. The zero-order chi connectivity index (χ0) is 23.3. The molecule has 168 valence electrons. The van der Waals surface area contributed by atoms with Gasteiger partial charge >= 0.3 is 0 Å². The predicted molar refractivity (Wildman–Crippen MR) is 131 cm³/mol. The summed E-state index contributed by atoms with van der Waals surface area (Å²) in [6, 6.07) is 30.0. The first-order valence-corrected chi connectivity index (χ1v) is 10.9. The van der Waals surface area contributed by atoms with Crippen LogP contribution < -0.4 is 19.6 Å². The van der Waals surface area contributed by atoms with E-state index in [0.717, 1.165) is 22.6 Å². The van der Waals surface area contributed by atoms with Crippen LogP contribution >= 0.6 is 0 Å². The summed E-state index contributed by atoms with van der Waals surface area (Å²) in [5, 5.41) is 0.427. The van der Waals surface area contributed by atoms with Crippen molar-refractivity contribution in [3.05, 3.63) is 125 Å². The lowest BCUT2D eigenvalue weighted by Gasteiger charge is -2.10. The highest BCUT2D eigenvalue weighted by Crippen LogP contribution is 2.26. The average molecular weight is 450 g/mol. The van der Waals surface area contributed by atoms with Crippen molar-refractivity contribution in [1.29, 1.82) is 0 Å². The van der Waals surface area contributed by atoms with Crippen LogP contribution in [-0.4, -0.2) is 0 Å². The lowest BCUT2D eigenvalue weighted by atomic mass is 10.2. The maximum absolute atomic E-state index is 12.9. The van der Waals surface area contributed by atoms with Crippen LogP contribution in [-0.2, 0) is 6.61 Å². The molecular formula is C29H22O5. The fourth-order valence-corrected chi connectivity index (χ4v) is 3.55. The number of aryl methyl sites for hydroxylation is 1. The van der Waals surface area contributed by atoms with Crippen LogP contribution in [0.25, 0.3) is 11.0 Å². The van der Waals surface area contributed by atoms with Crippen molar-refractivity contribution in [2.24, 2.45) is 0 Å². The molecule has 0 amide bonds. The molecule has 0 N–H and O–H groups in total. The molecule has 0 atom stereocenters. The Morgan fingerprint density at radius 2 is 1.47 bits per heavy atom. The average Bonchev–Trinajstić information content (AvgIpc) is 2.85. The van der Waals surface area contributed by atoms with Gasteiger partial charge in [0.1, 0.15) is 41.5 Å². The minimum Gasteiger partial charge on any atom is -0.489 e. The van der Waals surface area contributed by atoms with E-state index < -0.39 is 0 Å². The molecule has 0 saturated carbocycles. The second kappa shape index (κ2) is 9.55. The summed E-state index contributed by atoms with van der Waals surface area (Å²) in [4.78, 5) is 12.9. The third-order valence-corrected chi connectivity index (χ3v) is 5.21. The van der Waals surface area contributed by atoms with Crippen molar-refractivity contribution in [1.82, 2.24) is 0 Å². The highest BCUT2D eigenvalue weighted by Gasteiger charge is 2.11. The van der Waals surface area contributed by atoms with Gasteiger partial charge in [-0.25, -0.2) is 0 Å². The van der Waals surface area contributed by atoms with Gasteiger partial charge in [-0.3, -0.25) is 4.79 Å². The van der Waals surface area contributed by atoms with Gasteiger partial charge in [0.2, 0.25) is 11.2 Å². The molecule has 1 aromatic heterocycles. The minimum absolute atomic E-state index is 0.141. The number of fused-ring (bicyclic) bond motifs is 1. The number of para-hydroxylation sites is 1. The van der Waals surface area contributed by atoms with Gasteiger partial charge in [-0.1, -0.05) is 42.5 Å². The summed E-state index contributed by atoms with van der Waals surface area (Å²) in [5.74, 6) is 2.83. The maximum atomic E-state index is 12.9. The van der Waals surface area contributed by atoms with Crippen LogP contribution in [0.15, 0.2) is 113 Å². The Hall–Kier alpha value is -4.51. The molecule has 0 saturated heterocycles. The van der Waals surface area contributed by atoms with Crippen LogP contribution in [0, 0.1) is 6.92 Å². The Kier molecular flexibility index (Phi) is 5.99. The van der Waals surface area contributed by atoms with Crippen molar-refractivity contribution in [2.45, 2.75) is 13.5 Å². The fraction of sp³-hybridized carbons (Fsp3) is 0.0690. The fourth-order valence-electron chi connectivity index (χ4n) is 3.55. The van der Waals surface area contributed by atoms with Gasteiger partial charge in [-0.15, -0.1) is 0 Å². The highest BCUT2D eigenvalue weighted by molar-refractivity contribution is 5.79. The zero-order valence-electron chi connectivity index (χ0n) is 18.6. The second-order valence-corrected chi connectivity index (χ2v) is 7.86. The summed E-state index contributed by atoms with van der Waals surface area (Å²) in [6.45, 7) is 2.31. The molecule has 0 aliphatic rings. The maximum Gasteiger partial charge on any atom is 0.235 e. The van der Waals surface area contributed by atoms with E-state index in [2.05, 4.69) is 0 Å². The third-order valence-electron chi connectivity index (χ3n) is 5.21. The van der Waals surface area contributed by atoms with Crippen molar-refractivity contribution in [2.75, 3.05) is 0 Å². The number of ether oxygens (including phenoxy) is 3. The SMILES string of the molecule is Cc1cccc(Oc2coc3cc(OCc4cccc(Oc5ccccc5)c4)ccc3c2=O)c1. The number of hydrogen-bond donors (Lipinski definition) is 0. The van der Waals surface area contributed by atoms with E-state index in [-0.39, 0.29) is 11.2 Å². The normalized spacial score (nSPS) is 10.7. The van der Waals surface area contributed by atoms with Crippen LogP contribution in [0.4, 0.5) is 0 Å². The molecule has 0 unspecified atom stereocenters. The van der Waals surface area contributed by atoms with Crippen LogP contribution in [0.3, 0.4) is 0 Å². The smallest absolute Gasteiger partial charge is 0.235 e. The van der Waals surface area contributed by atoms with Crippen LogP contribution in [0.1, 0.15) is 11.1 Å². The van der Waals surface area contributed by atoms with Gasteiger partial charge in [-0.05, 0) is 66.6 Å². The van der Waals surface area contributed by atoms with Gasteiger partial charge in [-0.2, -0.15) is 0 Å². The Bertz CT molecular complexity index is 1490. The first-order valence-electron chi connectivity index (χ1n) is 10.9. The van der Waals surface area contributed by atoms with Gasteiger partial charge < -0.3 is 18.6 Å². The van der Waals surface area contributed by atoms with E-state index in [0.29, 0.717) is 29.1 Å². The molecule has 4 aromatic carbocycles. The van der Waals surface area contributed by atoms with Gasteiger partial charge in [0.25, 0.3) is 0 Å². The molecule has 5 heteroatoms. The summed E-state index contributed by atoms with van der Waals surface area (Å²) in [5.41, 5.74) is 2.19. The van der Waals surface area contributed by atoms with E-state index in [4.69, 9.17) is 18.6 Å². The van der Waals surface area contributed by atoms with E-state index in [1.54, 1.807) is 24.3 Å². The first kappa shape index (κ1) is 21.3. The lowest BCUT2D eigenvalue weighted by Crippen LogP contribution is -2.05. The van der Waals surface area contributed by atoms with Crippen molar-refractivity contribution in [3.63, 3.8) is 0 Å². The molecule has 1 heterocycles. The first-order chi connectivity index (χ1) is 16.6. The summed E-state index contributed by atoms with van der Waals surface area (Å²) in [6.07, 6.45) is 1.33. The molecule has 5 aromatic rings. The summed E-state index contributed by atoms with van der Waals surface area (Å²) < 4.78 is 23.2. The Labute approximate surface area is 196 Å². The number of benzene rings is 4. The van der Waals surface area contributed by atoms with Crippen molar-refractivity contribution < 1.29 is 18.6 Å². The molecule has 34 heavy (non-hydrogen) atoms. The Balaban J connectivity index is 1.29.